The standard InChI is InChI=1S/C17H27NO5S2/c1-4-23-16-7-5-6-8-17(16)25(21,22)18-11-9-15(10-12-18)24(19,20)13-14(2)3/h5-8,14-15H,4,9-13H2,1-3H3. The molecule has 0 unspecified atom stereocenters. The van der Waals surface area contributed by atoms with Crippen molar-refractivity contribution >= 4 is 19.9 Å². The third-order valence-electron chi connectivity index (χ3n) is 4.24. The fourth-order valence-corrected chi connectivity index (χ4v) is 6.84. The average molecular weight is 390 g/mol. The van der Waals surface area contributed by atoms with Gasteiger partial charge in [0.2, 0.25) is 10.0 Å². The summed E-state index contributed by atoms with van der Waals surface area (Å²) in [4.78, 5) is 0.139. The molecule has 142 valence electrons. The molecule has 25 heavy (non-hydrogen) atoms. The number of benzene rings is 1. The van der Waals surface area contributed by atoms with Gasteiger partial charge in [-0.2, -0.15) is 4.31 Å². The van der Waals surface area contributed by atoms with Crippen molar-refractivity contribution in [3.05, 3.63) is 24.3 Å². The Labute approximate surface area is 151 Å². The average Bonchev–Trinajstić information content (AvgIpc) is 2.54. The van der Waals surface area contributed by atoms with E-state index in [2.05, 4.69) is 0 Å². The predicted octanol–water partition coefficient (Wildman–Crippen LogP) is 2.31. The van der Waals surface area contributed by atoms with Gasteiger partial charge in [-0.1, -0.05) is 26.0 Å². The van der Waals surface area contributed by atoms with Crippen LogP contribution in [0.3, 0.4) is 0 Å². The molecule has 6 nitrogen and oxygen atoms in total. The summed E-state index contributed by atoms with van der Waals surface area (Å²) in [6.07, 6.45) is 0.677. The molecule has 1 aromatic carbocycles. The van der Waals surface area contributed by atoms with E-state index in [0.29, 0.717) is 25.2 Å². The zero-order valence-electron chi connectivity index (χ0n) is 15.0. The number of para-hydroxylation sites is 1. The summed E-state index contributed by atoms with van der Waals surface area (Å²) in [5.74, 6) is 0.557. The van der Waals surface area contributed by atoms with Gasteiger partial charge in [-0.3, -0.25) is 0 Å². The van der Waals surface area contributed by atoms with Crippen LogP contribution in [0.15, 0.2) is 29.2 Å². The lowest BCUT2D eigenvalue weighted by molar-refractivity contribution is 0.322. The molecule has 0 bridgehead atoms. The zero-order valence-corrected chi connectivity index (χ0v) is 16.6. The van der Waals surface area contributed by atoms with Gasteiger partial charge in [-0.05, 0) is 37.8 Å². The van der Waals surface area contributed by atoms with Crippen molar-refractivity contribution in [3.63, 3.8) is 0 Å². The van der Waals surface area contributed by atoms with Crippen LogP contribution in [0.4, 0.5) is 0 Å². The van der Waals surface area contributed by atoms with Crippen LogP contribution < -0.4 is 4.74 Å². The second-order valence-corrected chi connectivity index (χ2v) is 10.9. The highest BCUT2D eigenvalue weighted by molar-refractivity contribution is 7.92. The van der Waals surface area contributed by atoms with Crippen molar-refractivity contribution in [2.24, 2.45) is 5.92 Å². The normalized spacial score (nSPS) is 17.8. The lowest BCUT2D eigenvalue weighted by Gasteiger charge is -2.31. The molecule has 0 aliphatic carbocycles. The highest BCUT2D eigenvalue weighted by Gasteiger charge is 2.36. The van der Waals surface area contributed by atoms with Crippen molar-refractivity contribution in [1.29, 1.82) is 0 Å². The fraction of sp³-hybridized carbons (Fsp3) is 0.647. The van der Waals surface area contributed by atoms with Gasteiger partial charge in [-0.25, -0.2) is 16.8 Å². The molecule has 1 aliphatic rings. The Balaban J connectivity index is 2.15. The lowest BCUT2D eigenvalue weighted by atomic mass is 10.2. The molecule has 0 amide bonds. The molecule has 0 aromatic heterocycles. The minimum Gasteiger partial charge on any atom is -0.492 e. The Kier molecular flexibility index (Phi) is 6.51. The quantitative estimate of drug-likeness (QED) is 0.715. The van der Waals surface area contributed by atoms with E-state index in [-0.39, 0.29) is 29.7 Å². The molecule has 0 radical (unpaired) electrons. The molecule has 1 saturated heterocycles. The summed E-state index contributed by atoms with van der Waals surface area (Å²) < 4.78 is 57.4. The smallest absolute Gasteiger partial charge is 0.246 e. The third-order valence-corrected chi connectivity index (χ3v) is 8.80. The Morgan fingerprint density at radius 3 is 2.28 bits per heavy atom. The number of sulfonamides is 1. The van der Waals surface area contributed by atoms with Crippen molar-refractivity contribution in [1.82, 2.24) is 4.31 Å². The van der Waals surface area contributed by atoms with E-state index in [9.17, 15) is 16.8 Å². The molecular formula is C17H27NO5S2. The number of hydrogen-bond donors (Lipinski definition) is 0. The van der Waals surface area contributed by atoms with Crippen LogP contribution in [0.5, 0.6) is 5.75 Å². The highest BCUT2D eigenvalue weighted by Crippen LogP contribution is 2.30. The van der Waals surface area contributed by atoms with Crippen LogP contribution in [0.1, 0.15) is 33.6 Å². The van der Waals surface area contributed by atoms with Gasteiger partial charge in [-0.15, -0.1) is 0 Å². The number of rotatable bonds is 7. The van der Waals surface area contributed by atoms with Crippen LogP contribution in [0.25, 0.3) is 0 Å². The first kappa shape index (κ1) is 20.2. The molecule has 1 aromatic rings. The second kappa shape index (κ2) is 8.05. The Hall–Kier alpha value is -1.12. The van der Waals surface area contributed by atoms with E-state index in [1.54, 1.807) is 25.1 Å². The second-order valence-electron chi connectivity index (χ2n) is 6.71. The predicted molar refractivity (Wildman–Crippen MR) is 98.0 cm³/mol. The number of hydrogen-bond acceptors (Lipinski definition) is 5. The van der Waals surface area contributed by atoms with Crippen LogP contribution in [0.2, 0.25) is 0 Å². The van der Waals surface area contributed by atoms with E-state index < -0.39 is 25.1 Å². The van der Waals surface area contributed by atoms with Crippen molar-refractivity contribution in [2.75, 3.05) is 25.4 Å². The van der Waals surface area contributed by atoms with Crippen LogP contribution >= 0.6 is 0 Å². The van der Waals surface area contributed by atoms with Crippen LogP contribution in [0, 0.1) is 5.92 Å². The number of nitrogens with zero attached hydrogens (tertiary/aromatic N) is 1. The maximum atomic E-state index is 12.9. The molecular weight excluding hydrogens is 362 g/mol. The number of sulfone groups is 1. The lowest BCUT2D eigenvalue weighted by Crippen LogP contribution is -2.43. The summed E-state index contributed by atoms with van der Waals surface area (Å²) in [5.41, 5.74) is 0. The van der Waals surface area contributed by atoms with E-state index in [1.165, 1.54) is 10.4 Å². The molecule has 0 atom stereocenters. The maximum Gasteiger partial charge on any atom is 0.246 e. The van der Waals surface area contributed by atoms with Crippen molar-refractivity contribution < 1.29 is 21.6 Å². The van der Waals surface area contributed by atoms with Crippen LogP contribution in [-0.4, -0.2) is 51.8 Å². The van der Waals surface area contributed by atoms with E-state index in [1.807, 2.05) is 13.8 Å². The van der Waals surface area contributed by atoms with Gasteiger partial charge >= 0.3 is 0 Å². The summed E-state index contributed by atoms with van der Waals surface area (Å²) in [7, 11) is -6.87. The summed E-state index contributed by atoms with van der Waals surface area (Å²) >= 11 is 0. The van der Waals surface area contributed by atoms with Gasteiger partial charge in [0, 0.05) is 13.1 Å². The summed E-state index contributed by atoms with van der Waals surface area (Å²) in [6, 6.07) is 6.56. The maximum absolute atomic E-state index is 12.9. The van der Waals surface area contributed by atoms with Gasteiger partial charge in [0.1, 0.15) is 10.6 Å². The third kappa shape index (κ3) is 4.74. The van der Waals surface area contributed by atoms with E-state index in [4.69, 9.17) is 4.74 Å². The minimum absolute atomic E-state index is 0.0739. The van der Waals surface area contributed by atoms with Crippen LogP contribution in [-0.2, 0) is 19.9 Å². The fourth-order valence-electron chi connectivity index (χ4n) is 3.11. The first-order valence-corrected chi connectivity index (χ1v) is 11.8. The Bertz CT molecular complexity index is 779. The van der Waals surface area contributed by atoms with Gasteiger partial charge in [0.05, 0.1) is 17.6 Å². The van der Waals surface area contributed by atoms with Gasteiger partial charge < -0.3 is 4.74 Å². The minimum atomic E-state index is -3.69. The molecule has 8 heteroatoms. The first-order valence-electron chi connectivity index (χ1n) is 8.62. The topological polar surface area (TPSA) is 80.8 Å². The summed E-state index contributed by atoms with van der Waals surface area (Å²) in [6.45, 7) is 6.36. The van der Waals surface area contributed by atoms with Crippen molar-refractivity contribution in [2.45, 2.75) is 43.8 Å². The molecule has 0 spiro atoms. The van der Waals surface area contributed by atoms with Gasteiger partial charge in [0.25, 0.3) is 0 Å². The van der Waals surface area contributed by atoms with E-state index >= 15 is 0 Å². The molecule has 0 saturated carbocycles. The SMILES string of the molecule is CCOc1ccccc1S(=O)(=O)N1CCC(S(=O)(=O)CC(C)C)CC1. The Morgan fingerprint density at radius 2 is 1.72 bits per heavy atom. The number of ether oxygens (including phenoxy) is 1. The molecule has 1 fully saturated rings. The van der Waals surface area contributed by atoms with E-state index in [0.717, 1.165) is 0 Å². The van der Waals surface area contributed by atoms with Gasteiger partial charge in [0.15, 0.2) is 9.84 Å². The monoisotopic (exact) mass is 389 g/mol. The first-order chi connectivity index (χ1) is 11.7. The number of piperidine rings is 1. The largest absolute Gasteiger partial charge is 0.492 e. The zero-order chi connectivity index (χ0) is 18.7. The summed E-state index contributed by atoms with van der Waals surface area (Å²) in [5, 5.41) is -0.455. The Morgan fingerprint density at radius 1 is 1.12 bits per heavy atom. The molecule has 1 heterocycles. The molecule has 2 rings (SSSR count). The highest BCUT2D eigenvalue weighted by atomic mass is 32.2. The molecule has 1 aliphatic heterocycles. The van der Waals surface area contributed by atoms with Crippen molar-refractivity contribution in [3.8, 4) is 5.75 Å². The molecule has 0 N–H and O–H groups in total.